The topological polar surface area (TPSA) is 294 Å². The van der Waals surface area contributed by atoms with E-state index in [1.807, 2.05) is 20.8 Å². The van der Waals surface area contributed by atoms with Crippen LogP contribution in [0.5, 0.6) is 23.1 Å². The van der Waals surface area contributed by atoms with Gasteiger partial charge in [-0.05, 0) is 47.7 Å². The third kappa shape index (κ3) is 15.2. The van der Waals surface area contributed by atoms with Crippen LogP contribution in [0.4, 0.5) is 10.6 Å². The molecule has 0 amide bonds. The van der Waals surface area contributed by atoms with Gasteiger partial charge in [-0.15, -0.1) is 0 Å². The van der Waals surface area contributed by atoms with Crippen LogP contribution in [0.3, 0.4) is 0 Å². The maximum atomic E-state index is 14.8. The first kappa shape index (κ1) is 48.8. The number of hydrogen-bond donors (Lipinski definition) is 4. The number of aromatic nitrogens is 4. The van der Waals surface area contributed by atoms with Crippen LogP contribution in [-0.4, -0.2) is 132 Å². The highest BCUT2D eigenvalue weighted by Gasteiger charge is 2.35. The molecule has 4 aromatic rings. The average molecular weight is 894 g/mol. The molecule has 62 heavy (non-hydrogen) atoms. The summed E-state index contributed by atoms with van der Waals surface area (Å²) in [6.07, 6.45) is 1.41. The number of para-hydroxylation sites is 2. The Hall–Kier alpha value is -5.87. The number of sulfonamides is 1. The molecule has 0 aliphatic rings. The van der Waals surface area contributed by atoms with Gasteiger partial charge < -0.3 is 33.2 Å². The van der Waals surface area contributed by atoms with Crippen LogP contribution in [0, 0.1) is 0 Å². The van der Waals surface area contributed by atoms with Crippen LogP contribution in [-0.2, 0) is 48.9 Å². The van der Waals surface area contributed by atoms with Crippen molar-refractivity contribution < 1.29 is 81.7 Å². The summed E-state index contributed by atoms with van der Waals surface area (Å²) in [7, 11) is -3.37. The van der Waals surface area contributed by atoms with E-state index in [-0.39, 0.29) is 92.5 Å². The van der Waals surface area contributed by atoms with Crippen LogP contribution in [0.15, 0.2) is 71.9 Å². The molecule has 0 atom stereocenters. The number of carbonyl (C=O) groups is 2. The number of hydrogen-bond acceptors (Lipinski definition) is 23. The lowest BCUT2D eigenvalue weighted by Crippen LogP contribution is -2.36. The van der Waals surface area contributed by atoms with Crippen molar-refractivity contribution in [2.45, 2.75) is 43.9 Å². The number of anilines is 1. The van der Waals surface area contributed by atoms with Gasteiger partial charge in [-0.3, -0.25) is 30.5 Å². The smallest absolute Gasteiger partial charge is 0.493 e. The minimum absolute atomic E-state index is 0.0506. The van der Waals surface area contributed by atoms with Gasteiger partial charge in [-0.25, -0.2) is 37.3 Å². The lowest BCUT2D eigenvalue weighted by molar-refractivity contribution is -0.493. The molecule has 2 heterocycles. The highest BCUT2D eigenvalue weighted by molar-refractivity contribution is 7.92. The van der Waals surface area contributed by atoms with E-state index in [2.05, 4.69) is 29.6 Å². The van der Waals surface area contributed by atoms with E-state index in [1.165, 1.54) is 43.8 Å². The average Bonchev–Trinajstić information content (AvgIpc) is 3.24. The van der Waals surface area contributed by atoms with Crippen molar-refractivity contribution in [3.8, 4) is 34.8 Å². The quantitative estimate of drug-likeness (QED) is 0.0315. The fourth-order valence-electron chi connectivity index (χ4n) is 4.95. The molecule has 0 bridgehead atoms. The van der Waals surface area contributed by atoms with Crippen molar-refractivity contribution in [1.29, 1.82) is 0 Å². The van der Waals surface area contributed by atoms with Crippen molar-refractivity contribution in [3.05, 3.63) is 72.6 Å². The predicted molar refractivity (Wildman–Crippen MR) is 207 cm³/mol. The molecule has 2 aromatic heterocycles. The zero-order valence-corrected chi connectivity index (χ0v) is 34.9. The Labute approximate surface area is 355 Å². The monoisotopic (exact) mass is 893 g/mol. The van der Waals surface area contributed by atoms with Crippen molar-refractivity contribution in [2.75, 3.05) is 64.4 Å². The van der Waals surface area contributed by atoms with E-state index in [0.29, 0.717) is 4.31 Å². The summed E-state index contributed by atoms with van der Waals surface area (Å²) in [4.78, 5) is 51.2. The van der Waals surface area contributed by atoms with Gasteiger partial charge in [0.1, 0.15) is 19.8 Å². The van der Waals surface area contributed by atoms with E-state index in [1.54, 1.807) is 30.3 Å². The minimum atomic E-state index is -4.75. The second-order valence-corrected chi connectivity index (χ2v) is 15.1. The van der Waals surface area contributed by atoms with Crippen molar-refractivity contribution in [3.63, 3.8) is 0 Å². The molecule has 4 rings (SSSR count). The second kappa shape index (κ2) is 23.9. The molecule has 2 aromatic carbocycles. The van der Waals surface area contributed by atoms with Crippen LogP contribution in [0.25, 0.3) is 11.6 Å². The number of benzene rings is 2. The van der Waals surface area contributed by atoms with Gasteiger partial charge >= 0.3 is 12.1 Å². The molecule has 0 unspecified atom stereocenters. The molecular formula is C37H47N7O17S. The number of rotatable bonds is 25. The number of nitrogens with zero attached hydrogens (tertiary/aromatic N) is 7. The molecule has 4 N–H and O–H groups in total. The van der Waals surface area contributed by atoms with Gasteiger partial charge in [-0.2, -0.15) is 4.98 Å². The fourth-order valence-corrected chi connectivity index (χ4v) is 6.22. The van der Waals surface area contributed by atoms with Gasteiger partial charge in [0.15, 0.2) is 29.9 Å². The lowest BCUT2D eigenvalue weighted by Gasteiger charge is -2.26. The number of methoxy groups -OCH3 is 1. The summed E-state index contributed by atoms with van der Waals surface area (Å²) in [5.74, 6) is -2.11. The van der Waals surface area contributed by atoms with Gasteiger partial charge in [0.25, 0.3) is 15.9 Å². The molecule has 0 saturated heterocycles. The number of ether oxygens (including phenoxy) is 7. The first-order valence-electron chi connectivity index (χ1n) is 18.5. The van der Waals surface area contributed by atoms with E-state index in [0.717, 1.165) is 5.56 Å². The van der Waals surface area contributed by atoms with Crippen LogP contribution < -0.4 is 18.5 Å². The molecule has 0 spiro atoms. The Balaban J connectivity index is 1.78. The van der Waals surface area contributed by atoms with Crippen molar-refractivity contribution >= 4 is 28.0 Å². The zero-order valence-electron chi connectivity index (χ0n) is 34.1. The molecular weight excluding hydrogens is 847 g/mol. The largest absolute Gasteiger partial charge is 0.510 e. The number of carbonyl (C=O) groups excluding carboxylic acids is 2. The first-order chi connectivity index (χ1) is 29.6. The van der Waals surface area contributed by atoms with Gasteiger partial charge in [0.05, 0.1) is 49.2 Å². The van der Waals surface area contributed by atoms with E-state index in [9.17, 15) is 18.0 Å². The SMILES string of the molecule is COc1ccccc1Oc1c(OCCOC(=O)CCCON(O)O)nc(-c2ncccn2)nc1N(COC(=O)OCCOCCON(O)O)S(=O)(=O)c1ccc(C(C)(C)C)cc1. The lowest BCUT2D eigenvalue weighted by atomic mass is 9.87. The second-order valence-electron chi connectivity index (χ2n) is 13.3. The Morgan fingerprint density at radius 2 is 1.37 bits per heavy atom. The van der Waals surface area contributed by atoms with Crippen LogP contribution in [0.1, 0.15) is 39.2 Å². The zero-order chi connectivity index (χ0) is 45.1. The highest BCUT2D eigenvalue weighted by atomic mass is 32.2. The summed E-state index contributed by atoms with van der Waals surface area (Å²) in [5.41, 5.74) is 0.479. The third-order valence-electron chi connectivity index (χ3n) is 7.91. The van der Waals surface area contributed by atoms with Crippen molar-refractivity contribution in [1.82, 2.24) is 30.7 Å². The number of esters is 1. The Bertz CT molecular complexity index is 2130. The molecule has 0 fully saturated rings. The molecule has 25 heteroatoms. The van der Waals surface area contributed by atoms with Crippen molar-refractivity contribution in [2.24, 2.45) is 0 Å². The summed E-state index contributed by atoms with van der Waals surface area (Å²) in [6.45, 7) is 3.03. The minimum Gasteiger partial charge on any atom is -0.493 e. The van der Waals surface area contributed by atoms with Gasteiger partial charge in [-0.1, -0.05) is 45.0 Å². The summed E-state index contributed by atoms with van der Waals surface area (Å²) in [6, 6.07) is 13.9. The Morgan fingerprint density at radius 3 is 2.03 bits per heavy atom. The molecule has 0 aliphatic heterocycles. The normalized spacial score (nSPS) is 11.6. The summed E-state index contributed by atoms with van der Waals surface area (Å²) in [5, 5.41) is 33.6. The van der Waals surface area contributed by atoms with Crippen LogP contribution >= 0.6 is 0 Å². The predicted octanol–water partition coefficient (Wildman–Crippen LogP) is 4.08. The maximum Gasteiger partial charge on any atom is 0.510 e. The van der Waals surface area contributed by atoms with E-state index >= 15 is 0 Å². The summed E-state index contributed by atoms with van der Waals surface area (Å²) < 4.78 is 68.8. The molecule has 0 aliphatic carbocycles. The maximum absolute atomic E-state index is 14.8. The molecule has 0 saturated carbocycles. The Kier molecular flexibility index (Phi) is 18.8. The fraction of sp³-hybridized carbons (Fsp3) is 0.405. The highest BCUT2D eigenvalue weighted by Crippen LogP contribution is 2.43. The van der Waals surface area contributed by atoms with Crippen LogP contribution in [0.2, 0.25) is 0 Å². The standard InChI is InChI=1S/C37H47N7O17S/c1-37(2,3)26-12-14-27(15-13-26)62(51,52)42(25-58-36(46)57-21-19-54-20-24-60-44(49)50)34-31(61-29-10-6-5-9-28(29)53-4)35(41-33(40-34)32-38-16-8-17-39-32)56-23-22-55-30(45)11-7-18-59-43(47)48/h5-6,8-10,12-17,47-50H,7,11,18-25H2,1-4H3. The van der Waals surface area contributed by atoms with E-state index in [4.69, 9.17) is 54.0 Å². The van der Waals surface area contributed by atoms with E-state index < -0.39 is 57.1 Å². The molecule has 338 valence electrons. The van der Waals surface area contributed by atoms with Gasteiger partial charge in [0, 0.05) is 18.8 Å². The first-order valence-corrected chi connectivity index (χ1v) is 19.9. The third-order valence-corrected chi connectivity index (χ3v) is 9.63. The molecule has 0 radical (unpaired) electrons. The molecule has 24 nitrogen and oxygen atoms in total. The Morgan fingerprint density at radius 1 is 0.726 bits per heavy atom. The van der Waals surface area contributed by atoms with Gasteiger partial charge in [0.2, 0.25) is 11.6 Å². The summed E-state index contributed by atoms with van der Waals surface area (Å²) >= 11 is 0.